The molecule has 2 rings (SSSR count). The topological polar surface area (TPSA) is 70.5 Å². The number of nitrogens with zero attached hydrogens (tertiary/aromatic N) is 2. The van der Waals surface area contributed by atoms with E-state index in [2.05, 4.69) is 4.98 Å². The summed E-state index contributed by atoms with van der Waals surface area (Å²) in [6, 6.07) is 3.23. The van der Waals surface area contributed by atoms with Crippen molar-refractivity contribution in [3.05, 3.63) is 29.0 Å². The Hall–Kier alpha value is -0.690. The lowest BCUT2D eigenvalue weighted by atomic mass is 10.1. The molecule has 1 aliphatic heterocycles. The van der Waals surface area contributed by atoms with Crippen LogP contribution < -0.4 is 0 Å². The molecular weight excluding hydrogens is 276 g/mol. The lowest BCUT2D eigenvalue weighted by Gasteiger charge is -2.28. The standard InChI is InChI=1S/C11H15ClN2O3S/c12-11-2-1-9(7-13-11)8-18(16,17)14-5-3-10(15)4-6-14/h1-2,7,10,15H,3-6,8H2. The molecule has 0 spiro atoms. The third kappa shape index (κ3) is 3.41. The van der Waals surface area contributed by atoms with Crippen molar-refractivity contribution in [2.75, 3.05) is 13.1 Å². The molecule has 1 saturated heterocycles. The number of aliphatic hydroxyl groups excluding tert-OH is 1. The molecule has 1 aromatic heterocycles. The van der Waals surface area contributed by atoms with E-state index in [4.69, 9.17) is 11.6 Å². The summed E-state index contributed by atoms with van der Waals surface area (Å²) in [5.74, 6) is -0.0761. The highest BCUT2D eigenvalue weighted by molar-refractivity contribution is 7.88. The van der Waals surface area contributed by atoms with Gasteiger partial charge in [-0.3, -0.25) is 0 Å². The highest BCUT2D eigenvalue weighted by Gasteiger charge is 2.27. The maximum absolute atomic E-state index is 12.1. The zero-order valence-corrected chi connectivity index (χ0v) is 11.4. The number of hydrogen-bond acceptors (Lipinski definition) is 4. The molecule has 7 heteroatoms. The molecule has 2 heterocycles. The van der Waals surface area contributed by atoms with Crippen molar-refractivity contribution in [3.63, 3.8) is 0 Å². The fourth-order valence-electron chi connectivity index (χ4n) is 1.91. The van der Waals surface area contributed by atoms with Crippen LogP contribution in [0.1, 0.15) is 18.4 Å². The van der Waals surface area contributed by atoms with Crippen LogP contribution in [0.3, 0.4) is 0 Å². The van der Waals surface area contributed by atoms with E-state index in [1.54, 1.807) is 12.1 Å². The van der Waals surface area contributed by atoms with Gasteiger partial charge in [0.15, 0.2) is 0 Å². The van der Waals surface area contributed by atoms with Gasteiger partial charge in [-0.2, -0.15) is 0 Å². The lowest BCUT2D eigenvalue weighted by molar-refractivity contribution is 0.113. The van der Waals surface area contributed by atoms with Gasteiger partial charge in [0, 0.05) is 19.3 Å². The zero-order chi connectivity index (χ0) is 13.2. The van der Waals surface area contributed by atoms with Gasteiger partial charge in [-0.25, -0.2) is 17.7 Å². The van der Waals surface area contributed by atoms with Gasteiger partial charge in [-0.1, -0.05) is 17.7 Å². The molecule has 1 fully saturated rings. The minimum atomic E-state index is -3.33. The summed E-state index contributed by atoms with van der Waals surface area (Å²) in [5.41, 5.74) is 0.616. The Labute approximate surface area is 111 Å². The molecule has 1 aromatic rings. The van der Waals surface area contributed by atoms with Gasteiger partial charge in [0.25, 0.3) is 0 Å². The van der Waals surface area contributed by atoms with Crippen molar-refractivity contribution in [2.45, 2.75) is 24.7 Å². The van der Waals surface area contributed by atoms with E-state index in [-0.39, 0.29) is 11.9 Å². The molecule has 1 aliphatic rings. The normalized spacial score (nSPS) is 19.0. The van der Waals surface area contributed by atoms with Crippen LogP contribution in [-0.2, 0) is 15.8 Å². The Morgan fingerprint density at radius 1 is 1.39 bits per heavy atom. The van der Waals surface area contributed by atoms with Crippen molar-refractivity contribution in [1.29, 1.82) is 0 Å². The summed E-state index contributed by atoms with van der Waals surface area (Å²) >= 11 is 5.65. The predicted molar refractivity (Wildman–Crippen MR) is 68.7 cm³/mol. The molecule has 1 N–H and O–H groups in total. The second-order valence-electron chi connectivity index (χ2n) is 4.38. The van der Waals surface area contributed by atoms with Gasteiger partial charge < -0.3 is 5.11 Å². The third-order valence-corrected chi connectivity index (χ3v) is 5.03. The van der Waals surface area contributed by atoms with E-state index >= 15 is 0 Å². The number of pyridine rings is 1. The van der Waals surface area contributed by atoms with E-state index in [0.29, 0.717) is 36.6 Å². The van der Waals surface area contributed by atoms with Gasteiger partial charge >= 0.3 is 0 Å². The average molecular weight is 291 g/mol. The monoisotopic (exact) mass is 290 g/mol. The highest BCUT2D eigenvalue weighted by atomic mass is 35.5. The van der Waals surface area contributed by atoms with Gasteiger partial charge in [0.2, 0.25) is 10.0 Å². The van der Waals surface area contributed by atoms with E-state index in [0.717, 1.165) is 0 Å². The summed E-state index contributed by atoms with van der Waals surface area (Å²) < 4.78 is 25.7. The lowest BCUT2D eigenvalue weighted by Crippen LogP contribution is -2.40. The van der Waals surface area contributed by atoms with Crippen LogP contribution in [-0.4, -0.2) is 42.0 Å². The molecule has 0 aliphatic carbocycles. The fourth-order valence-corrected chi connectivity index (χ4v) is 3.57. The molecule has 0 unspecified atom stereocenters. The highest BCUT2D eigenvalue weighted by Crippen LogP contribution is 2.17. The molecule has 100 valence electrons. The molecule has 18 heavy (non-hydrogen) atoms. The van der Waals surface area contributed by atoms with Gasteiger partial charge in [0.05, 0.1) is 11.9 Å². The Morgan fingerprint density at radius 3 is 2.61 bits per heavy atom. The minimum absolute atomic E-state index is 0.0761. The molecule has 0 aromatic carbocycles. The van der Waals surface area contributed by atoms with Crippen LogP contribution in [0.2, 0.25) is 5.15 Å². The Morgan fingerprint density at radius 2 is 2.06 bits per heavy atom. The SMILES string of the molecule is O=S(=O)(Cc1ccc(Cl)nc1)N1CCC(O)CC1. The van der Waals surface area contributed by atoms with Crippen molar-refractivity contribution < 1.29 is 13.5 Å². The quantitative estimate of drug-likeness (QED) is 0.844. The van der Waals surface area contributed by atoms with Gasteiger partial charge in [-0.15, -0.1) is 0 Å². The number of aromatic nitrogens is 1. The first kappa shape index (κ1) is 13.7. The van der Waals surface area contributed by atoms with E-state index in [9.17, 15) is 13.5 Å². The van der Waals surface area contributed by atoms with E-state index < -0.39 is 10.0 Å². The predicted octanol–water partition coefficient (Wildman–Crippen LogP) is 1.02. The summed E-state index contributed by atoms with van der Waals surface area (Å²) in [7, 11) is -3.33. The largest absolute Gasteiger partial charge is 0.393 e. The van der Waals surface area contributed by atoms with Crippen LogP contribution in [0.4, 0.5) is 0 Å². The first-order valence-corrected chi connectivity index (χ1v) is 7.72. The zero-order valence-electron chi connectivity index (χ0n) is 9.79. The van der Waals surface area contributed by atoms with Crippen molar-refractivity contribution >= 4 is 21.6 Å². The molecule has 0 bridgehead atoms. The molecule has 0 atom stereocenters. The average Bonchev–Trinajstić information content (AvgIpc) is 2.32. The Kier molecular flexibility index (Phi) is 4.21. The summed E-state index contributed by atoms with van der Waals surface area (Å²) in [6.45, 7) is 0.759. The second-order valence-corrected chi connectivity index (χ2v) is 6.73. The minimum Gasteiger partial charge on any atom is -0.393 e. The number of rotatable bonds is 3. The smallest absolute Gasteiger partial charge is 0.218 e. The third-order valence-electron chi connectivity index (χ3n) is 2.95. The number of hydrogen-bond donors (Lipinski definition) is 1. The van der Waals surface area contributed by atoms with E-state index in [1.807, 2.05) is 0 Å². The number of sulfonamides is 1. The molecule has 0 saturated carbocycles. The Balaban J connectivity index is 2.05. The fraction of sp³-hybridized carbons (Fsp3) is 0.545. The van der Waals surface area contributed by atoms with Crippen molar-refractivity contribution in [1.82, 2.24) is 9.29 Å². The van der Waals surface area contributed by atoms with Crippen LogP contribution >= 0.6 is 11.6 Å². The van der Waals surface area contributed by atoms with Gasteiger partial charge in [0.1, 0.15) is 5.15 Å². The second kappa shape index (κ2) is 5.52. The number of aliphatic hydroxyl groups is 1. The summed E-state index contributed by atoms with van der Waals surface area (Å²) in [6.07, 6.45) is 2.09. The van der Waals surface area contributed by atoms with Crippen molar-refractivity contribution in [3.8, 4) is 0 Å². The molecule has 0 amide bonds. The summed E-state index contributed by atoms with van der Waals surface area (Å²) in [4.78, 5) is 3.86. The van der Waals surface area contributed by atoms with E-state index in [1.165, 1.54) is 10.5 Å². The maximum atomic E-state index is 12.1. The van der Waals surface area contributed by atoms with Gasteiger partial charge in [-0.05, 0) is 24.5 Å². The Bertz CT molecular complexity index is 496. The van der Waals surface area contributed by atoms with Crippen LogP contribution in [0.5, 0.6) is 0 Å². The van der Waals surface area contributed by atoms with Crippen LogP contribution in [0.25, 0.3) is 0 Å². The van der Waals surface area contributed by atoms with Crippen molar-refractivity contribution in [2.24, 2.45) is 0 Å². The summed E-state index contributed by atoms with van der Waals surface area (Å²) in [5, 5.41) is 9.71. The molecule has 0 radical (unpaired) electrons. The van der Waals surface area contributed by atoms with Crippen LogP contribution in [0.15, 0.2) is 18.3 Å². The maximum Gasteiger partial charge on any atom is 0.218 e. The first-order chi connectivity index (χ1) is 8.47. The molecular formula is C11H15ClN2O3S. The number of halogens is 1. The first-order valence-electron chi connectivity index (χ1n) is 5.74. The molecule has 5 nitrogen and oxygen atoms in total. The van der Waals surface area contributed by atoms with Crippen LogP contribution in [0, 0.1) is 0 Å². The number of piperidine rings is 1.